The van der Waals surface area contributed by atoms with Gasteiger partial charge in [0.05, 0.1) is 13.0 Å². The van der Waals surface area contributed by atoms with Crippen LogP contribution in [0, 0.1) is 0 Å². The molecule has 0 atom stereocenters. The van der Waals surface area contributed by atoms with Gasteiger partial charge in [-0.05, 0) is 24.3 Å². The van der Waals surface area contributed by atoms with Crippen LogP contribution in [0.25, 0.3) is 0 Å². The van der Waals surface area contributed by atoms with Crippen LogP contribution in [0.15, 0.2) is 24.3 Å². The Labute approximate surface area is 113 Å². The van der Waals surface area contributed by atoms with Crippen LogP contribution in [0.1, 0.15) is 6.42 Å². The third-order valence-corrected chi connectivity index (χ3v) is 2.02. The van der Waals surface area contributed by atoms with Crippen molar-refractivity contribution in [3.8, 4) is 5.75 Å². The van der Waals surface area contributed by atoms with Crippen molar-refractivity contribution in [2.24, 2.45) is 0 Å². The van der Waals surface area contributed by atoms with Crippen LogP contribution in [-0.4, -0.2) is 32.2 Å². The Bertz CT molecular complexity index is 420. The molecule has 0 fully saturated rings. The van der Waals surface area contributed by atoms with Gasteiger partial charge in [0.1, 0.15) is 12.4 Å². The number of alkyl halides is 3. The molecule has 5 nitrogen and oxygen atoms in total. The number of rotatable bonds is 7. The first-order valence-corrected chi connectivity index (χ1v) is 5.65. The molecule has 0 amide bonds. The summed E-state index contributed by atoms with van der Waals surface area (Å²) in [6.07, 6.45) is -4.54. The van der Waals surface area contributed by atoms with Crippen LogP contribution in [-0.2, 0) is 14.3 Å². The average Bonchev–Trinajstić information content (AvgIpc) is 2.36. The molecule has 0 aliphatic rings. The molecule has 20 heavy (non-hydrogen) atoms. The fourth-order valence-electron chi connectivity index (χ4n) is 1.15. The normalized spacial score (nSPS) is 11.2. The van der Waals surface area contributed by atoms with Crippen LogP contribution >= 0.6 is 0 Å². The van der Waals surface area contributed by atoms with Gasteiger partial charge in [0.2, 0.25) is 0 Å². The first kappa shape index (κ1) is 16.1. The van der Waals surface area contributed by atoms with Crippen molar-refractivity contribution in [3.05, 3.63) is 24.3 Å². The summed E-state index contributed by atoms with van der Waals surface area (Å²) in [6, 6.07) is 6.54. The number of anilines is 1. The maximum Gasteiger partial charge on any atom is 0.411 e. The van der Waals surface area contributed by atoms with Gasteiger partial charge in [-0.3, -0.25) is 4.79 Å². The molecule has 0 aliphatic carbocycles. The van der Waals surface area contributed by atoms with E-state index in [0.717, 1.165) is 0 Å². The van der Waals surface area contributed by atoms with Crippen molar-refractivity contribution in [1.29, 1.82) is 0 Å². The smallest absolute Gasteiger partial charge is 0.411 e. The monoisotopic (exact) mass is 293 g/mol. The minimum Gasteiger partial charge on any atom is -0.493 e. The van der Waals surface area contributed by atoms with Crippen molar-refractivity contribution in [2.45, 2.75) is 12.6 Å². The third-order valence-electron chi connectivity index (χ3n) is 2.02. The van der Waals surface area contributed by atoms with Gasteiger partial charge in [-0.2, -0.15) is 13.2 Å². The van der Waals surface area contributed by atoms with E-state index >= 15 is 0 Å². The van der Waals surface area contributed by atoms with Gasteiger partial charge in [-0.1, -0.05) is 0 Å². The summed E-state index contributed by atoms with van der Waals surface area (Å²) in [5.41, 5.74) is 6.06. The number of halogens is 3. The lowest BCUT2D eigenvalue weighted by atomic mass is 10.3. The van der Waals surface area contributed by atoms with Crippen LogP contribution in [0.4, 0.5) is 18.9 Å². The molecule has 0 bridgehead atoms. The Morgan fingerprint density at radius 2 is 1.85 bits per heavy atom. The topological polar surface area (TPSA) is 70.8 Å². The van der Waals surface area contributed by atoms with Crippen molar-refractivity contribution >= 4 is 11.7 Å². The second kappa shape index (κ2) is 7.59. The Hall–Kier alpha value is -1.96. The van der Waals surface area contributed by atoms with Crippen molar-refractivity contribution in [2.75, 3.05) is 25.7 Å². The minimum absolute atomic E-state index is 0.0437. The molecule has 0 heterocycles. The molecule has 0 aliphatic heterocycles. The van der Waals surface area contributed by atoms with Gasteiger partial charge < -0.3 is 19.9 Å². The van der Waals surface area contributed by atoms with E-state index in [2.05, 4.69) is 9.47 Å². The fraction of sp³-hybridized carbons (Fsp3) is 0.417. The summed E-state index contributed by atoms with van der Waals surface area (Å²) >= 11 is 0. The highest BCUT2D eigenvalue weighted by Crippen LogP contribution is 2.14. The number of carbonyl (C=O) groups excluding carboxylic acids is 1. The Morgan fingerprint density at radius 1 is 1.20 bits per heavy atom. The number of nitrogens with two attached hydrogens (primary N) is 1. The summed E-state index contributed by atoms with van der Waals surface area (Å²) in [5.74, 6) is -0.178. The average molecular weight is 293 g/mol. The Kier molecular flexibility index (Phi) is 6.10. The predicted octanol–water partition coefficient (Wildman–Crippen LogP) is 2.12. The molecule has 0 aromatic heterocycles. The first-order valence-electron chi connectivity index (χ1n) is 5.65. The zero-order chi connectivity index (χ0) is 15.0. The second-order valence-electron chi connectivity index (χ2n) is 3.77. The van der Waals surface area contributed by atoms with Gasteiger partial charge in [-0.25, -0.2) is 0 Å². The van der Waals surface area contributed by atoms with E-state index in [1.165, 1.54) is 0 Å². The third kappa shape index (κ3) is 7.47. The summed E-state index contributed by atoms with van der Waals surface area (Å²) in [7, 11) is 0. The number of esters is 1. The highest BCUT2D eigenvalue weighted by Gasteiger charge is 2.27. The van der Waals surface area contributed by atoms with E-state index in [1.54, 1.807) is 24.3 Å². The minimum atomic E-state index is -4.44. The molecule has 0 unspecified atom stereocenters. The first-order chi connectivity index (χ1) is 9.37. The van der Waals surface area contributed by atoms with Crippen molar-refractivity contribution in [3.63, 3.8) is 0 Å². The molecule has 1 rings (SSSR count). The number of benzene rings is 1. The van der Waals surface area contributed by atoms with Gasteiger partial charge >= 0.3 is 12.1 Å². The number of carbonyl (C=O) groups is 1. The van der Waals surface area contributed by atoms with Crippen molar-refractivity contribution in [1.82, 2.24) is 0 Å². The molecule has 0 radical (unpaired) electrons. The SMILES string of the molecule is Nc1ccc(OCCC(=O)OCOCC(F)(F)F)cc1. The molecule has 8 heteroatoms. The predicted molar refractivity (Wildman–Crippen MR) is 63.9 cm³/mol. The summed E-state index contributed by atoms with van der Waals surface area (Å²) in [6.45, 7) is -2.15. The lowest BCUT2D eigenvalue weighted by Gasteiger charge is -2.09. The van der Waals surface area contributed by atoms with E-state index in [4.69, 9.17) is 10.5 Å². The standard InChI is InChI=1S/C12H14F3NO4/c13-12(14,15)7-18-8-20-11(17)5-6-19-10-3-1-9(16)2-4-10/h1-4H,5-8,16H2. The molecule has 1 aromatic carbocycles. The number of ether oxygens (including phenoxy) is 3. The van der Waals surface area contributed by atoms with E-state index in [0.29, 0.717) is 11.4 Å². The quantitative estimate of drug-likeness (QED) is 0.361. The fourth-order valence-corrected chi connectivity index (χ4v) is 1.15. The lowest BCUT2D eigenvalue weighted by Crippen LogP contribution is -2.20. The number of hydrogen-bond acceptors (Lipinski definition) is 5. The molecule has 0 saturated carbocycles. The van der Waals surface area contributed by atoms with Gasteiger partial charge in [0.25, 0.3) is 0 Å². The van der Waals surface area contributed by atoms with Crippen LogP contribution in [0.3, 0.4) is 0 Å². The largest absolute Gasteiger partial charge is 0.493 e. The van der Waals surface area contributed by atoms with E-state index in [9.17, 15) is 18.0 Å². The molecule has 2 N–H and O–H groups in total. The van der Waals surface area contributed by atoms with E-state index < -0.39 is 25.5 Å². The van der Waals surface area contributed by atoms with Gasteiger partial charge in [0.15, 0.2) is 6.79 Å². The maximum atomic E-state index is 11.7. The summed E-state index contributed by atoms with van der Waals surface area (Å²) < 4.78 is 48.9. The van der Waals surface area contributed by atoms with Crippen LogP contribution in [0.2, 0.25) is 0 Å². The Balaban J connectivity index is 2.10. The lowest BCUT2D eigenvalue weighted by molar-refractivity contribution is -0.200. The molecular weight excluding hydrogens is 279 g/mol. The molecule has 112 valence electrons. The number of nitrogen functional groups attached to an aromatic ring is 1. The maximum absolute atomic E-state index is 11.7. The molecule has 0 spiro atoms. The molecular formula is C12H14F3NO4. The Morgan fingerprint density at radius 3 is 2.45 bits per heavy atom. The highest BCUT2D eigenvalue weighted by molar-refractivity contribution is 5.69. The highest BCUT2D eigenvalue weighted by atomic mass is 19.4. The van der Waals surface area contributed by atoms with Crippen LogP contribution < -0.4 is 10.5 Å². The number of hydrogen-bond donors (Lipinski definition) is 1. The van der Waals surface area contributed by atoms with Crippen molar-refractivity contribution < 1.29 is 32.2 Å². The van der Waals surface area contributed by atoms with Gasteiger partial charge in [-0.15, -0.1) is 0 Å². The summed E-state index contributed by atoms with van der Waals surface area (Å²) in [4.78, 5) is 11.1. The van der Waals surface area contributed by atoms with E-state index in [-0.39, 0.29) is 13.0 Å². The molecule has 1 aromatic rings. The zero-order valence-corrected chi connectivity index (χ0v) is 10.5. The zero-order valence-electron chi connectivity index (χ0n) is 10.5. The second-order valence-corrected chi connectivity index (χ2v) is 3.77. The summed E-state index contributed by atoms with van der Waals surface area (Å²) in [5, 5.41) is 0. The van der Waals surface area contributed by atoms with Gasteiger partial charge in [0, 0.05) is 5.69 Å². The van der Waals surface area contributed by atoms with Crippen LogP contribution in [0.5, 0.6) is 5.75 Å². The molecule has 0 saturated heterocycles. The van der Waals surface area contributed by atoms with E-state index in [1.807, 2.05) is 0 Å².